The predicted molar refractivity (Wildman–Crippen MR) is 71.5 cm³/mol. The van der Waals surface area contributed by atoms with Crippen LogP contribution in [0.4, 0.5) is 0 Å². The Labute approximate surface area is 104 Å². The highest BCUT2D eigenvalue weighted by atomic mass is 16.5. The van der Waals surface area contributed by atoms with Crippen LogP contribution in [0.1, 0.15) is 36.5 Å². The van der Waals surface area contributed by atoms with E-state index in [1.165, 1.54) is 16.7 Å². The SMILES string of the molecule is COc1c(C)cc([C@@H]2[C@@H](CN)C2(C)C)cc1C. The van der Waals surface area contributed by atoms with Crippen molar-refractivity contribution in [2.45, 2.75) is 33.6 Å². The largest absolute Gasteiger partial charge is 0.496 e. The molecular formula is C15H23NO. The number of hydrogen-bond acceptors (Lipinski definition) is 2. The molecule has 2 nitrogen and oxygen atoms in total. The minimum atomic E-state index is 0.349. The average Bonchev–Trinajstić information content (AvgIpc) is 2.79. The fourth-order valence-electron chi connectivity index (χ4n) is 3.33. The number of aryl methyl sites for hydroxylation is 2. The Kier molecular flexibility index (Phi) is 2.94. The number of benzene rings is 1. The Morgan fingerprint density at radius 1 is 1.24 bits per heavy atom. The van der Waals surface area contributed by atoms with Crippen molar-refractivity contribution in [1.82, 2.24) is 0 Å². The fourth-order valence-corrected chi connectivity index (χ4v) is 3.33. The third kappa shape index (κ3) is 1.85. The molecule has 0 unspecified atom stereocenters. The Hall–Kier alpha value is -1.02. The van der Waals surface area contributed by atoms with Gasteiger partial charge in [-0.25, -0.2) is 0 Å². The van der Waals surface area contributed by atoms with Gasteiger partial charge < -0.3 is 10.5 Å². The summed E-state index contributed by atoms with van der Waals surface area (Å²) in [5, 5.41) is 0. The molecule has 17 heavy (non-hydrogen) atoms. The highest BCUT2D eigenvalue weighted by Crippen LogP contribution is 2.64. The van der Waals surface area contributed by atoms with Gasteiger partial charge in [0.2, 0.25) is 0 Å². The van der Waals surface area contributed by atoms with E-state index in [9.17, 15) is 0 Å². The average molecular weight is 233 g/mol. The summed E-state index contributed by atoms with van der Waals surface area (Å²) in [5.41, 5.74) is 10.1. The Balaban J connectivity index is 2.37. The van der Waals surface area contributed by atoms with Gasteiger partial charge in [0, 0.05) is 0 Å². The normalized spacial score (nSPS) is 25.8. The van der Waals surface area contributed by atoms with Gasteiger partial charge in [-0.15, -0.1) is 0 Å². The molecule has 0 radical (unpaired) electrons. The third-order valence-electron chi connectivity index (χ3n) is 4.35. The second-order valence-electron chi connectivity index (χ2n) is 5.83. The molecule has 94 valence electrons. The lowest BCUT2D eigenvalue weighted by atomic mass is 9.98. The van der Waals surface area contributed by atoms with Crippen LogP contribution in [0.5, 0.6) is 5.75 Å². The standard InChI is InChI=1S/C15H23NO/c1-9-6-11(7-10(2)14(9)17-5)13-12(8-16)15(13,3)4/h6-7,12-13H,8,16H2,1-5H3/t12-,13-/m1/s1. The molecule has 1 saturated carbocycles. The molecule has 2 heteroatoms. The first-order chi connectivity index (χ1) is 7.93. The summed E-state index contributed by atoms with van der Waals surface area (Å²) in [7, 11) is 1.73. The summed E-state index contributed by atoms with van der Waals surface area (Å²) in [5.74, 6) is 2.24. The summed E-state index contributed by atoms with van der Waals surface area (Å²) >= 11 is 0. The fraction of sp³-hybridized carbons (Fsp3) is 0.600. The Morgan fingerprint density at radius 2 is 1.76 bits per heavy atom. The maximum Gasteiger partial charge on any atom is 0.124 e. The van der Waals surface area contributed by atoms with Gasteiger partial charge in [0.05, 0.1) is 7.11 Å². The molecule has 2 rings (SSSR count). The van der Waals surface area contributed by atoms with Gasteiger partial charge in [0.25, 0.3) is 0 Å². The number of methoxy groups -OCH3 is 1. The summed E-state index contributed by atoms with van der Waals surface area (Å²) in [4.78, 5) is 0. The zero-order chi connectivity index (χ0) is 12.8. The Bertz CT molecular complexity index is 414. The first-order valence-corrected chi connectivity index (χ1v) is 6.28. The number of rotatable bonds is 3. The quantitative estimate of drug-likeness (QED) is 0.871. The monoisotopic (exact) mass is 233 g/mol. The van der Waals surface area contributed by atoms with E-state index in [4.69, 9.17) is 10.5 Å². The molecule has 1 aliphatic carbocycles. The van der Waals surface area contributed by atoms with E-state index in [1.54, 1.807) is 7.11 Å². The lowest BCUT2D eigenvalue weighted by Crippen LogP contribution is -2.05. The molecule has 1 fully saturated rings. The molecule has 1 aliphatic rings. The number of hydrogen-bond donors (Lipinski definition) is 1. The van der Waals surface area contributed by atoms with Crippen molar-refractivity contribution in [3.05, 3.63) is 28.8 Å². The van der Waals surface area contributed by atoms with Gasteiger partial charge in [0.15, 0.2) is 0 Å². The lowest BCUT2D eigenvalue weighted by molar-refractivity contribution is 0.408. The molecule has 0 aliphatic heterocycles. The van der Waals surface area contributed by atoms with Gasteiger partial charge in [-0.2, -0.15) is 0 Å². The maximum atomic E-state index is 5.84. The van der Waals surface area contributed by atoms with Crippen molar-refractivity contribution in [3.8, 4) is 5.75 Å². The molecule has 0 aromatic heterocycles. The van der Waals surface area contributed by atoms with E-state index >= 15 is 0 Å². The molecule has 2 atom stereocenters. The van der Waals surface area contributed by atoms with Crippen LogP contribution < -0.4 is 10.5 Å². The van der Waals surface area contributed by atoms with E-state index in [-0.39, 0.29) is 0 Å². The zero-order valence-corrected chi connectivity index (χ0v) is 11.5. The summed E-state index contributed by atoms with van der Waals surface area (Å²) in [6.45, 7) is 9.63. The molecule has 0 saturated heterocycles. The second kappa shape index (κ2) is 4.02. The van der Waals surface area contributed by atoms with Crippen molar-refractivity contribution in [2.75, 3.05) is 13.7 Å². The minimum Gasteiger partial charge on any atom is -0.496 e. The first-order valence-electron chi connectivity index (χ1n) is 6.28. The van der Waals surface area contributed by atoms with Gasteiger partial charge in [-0.3, -0.25) is 0 Å². The van der Waals surface area contributed by atoms with E-state index in [1.807, 2.05) is 0 Å². The van der Waals surface area contributed by atoms with Crippen LogP contribution in [0, 0.1) is 25.2 Å². The van der Waals surface area contributed by atoms with Crippen LogP contribution >= 0.6 is 0 Å². The maximum absolute atomic E-state index is 5.84. The predicted octanol–water partition coefficient (Wildman–Crippen LogP) is 3.01. The van der Waals surface area contributed by atoms with E-state index in [0.29, 0.717) is 17.3 Å². The van der Waals surface area contributed by atoms with Gasteiger partial charge in [-0.05, 0) is 54.3 Å². The highest BCUT2D eigenvalue weighted by Gasteiger charge is 2.57. The second-order valence-corrected chi connectivity index (χ2v) is 5.83. The zero-order valence-electron chi connectivity index (χ0n) is 11.5. The van der Waals surface area contributed by atoms with E-state index in [0.717, 1.165) is 12.3 Å². The van der Waals surface area contributed by atoms with Crippen molar-refractivity contribution < 1.29 is 4.74 Å². The molecule has 1 aromatic rings. The summed E-state index contributed by atoms with van der Waals surface area (Å²) < 4.78 is 5.41. The van der Waals surface area contributed by atoms with Crippen molar-refractivity contribution in [2.24, 2.45) is 17.1 Å². The first kappa shape index (κ1) is 12.4. The van der Waals surface area contributed by atoms with Gasteiger partial charge in [0.1, 0.15) is 5.75 Å². The molecule has 0 heterocycles. The summed E-state index contributed by atoms with van der Waals surface area (Å²) in [6.07, 6.45) is 0. The van der Waals surface area contributed by atoms with E-state index < -0.39 is 0 Å². The van der Waals surface area contributed by atoms with Crippen LogP contribution in [-0.4, -0.2) is 13.7 Å². The Morgan fingerprint density at radius 3 is 2.12 bits per heavy atom. The van der Waals surface area contributed by atoms with Crippen LogP contribution in [0.15, 0.2) is 12.1 Å². The molecule has 0 amide bonds. The smallest absolute Gasteiger partial charge is 0.124 e. The third-order valence-corrected chi connectivity index (χ3v) is 4.35. The molecular weight excluding hydrogens is 210 g/mol. The van der Waals surface area contributed by atoms with Gasteiger partial charge in [-0.1, -0.05) is 26.0 Å². The van der Waals surface area contributed by atoms with Crippen molar-refractivity contribution in [3.63, 3.8) is 0 Å². The highest BCUT2D eigenvalue weighted by molar-refractivity contribution is 5.46. The summed E-state index contributed by atoms with van der Waals surface area (Å²) in [6, 6.07) is 4.52. The molecule has 0 spiro atoms. The number of ether oxygens (including phenoxy) is 1. The molecule has 0 bridgehead atoms. The van der Waals surface area contributed by atoms with E-state index in [2.05, 4.69) is 39.8 Å². The lowest BCUT2D eigenvalue weighted by Gasteiger charge is -2.12. The van der Waals surface area contributed by atoms with Crippen LogP contribution in [-0.2, 0) is 0 Å². The molecule has 1 aromatic carbocycles. The molecule has 2 N–H and O–H groups in total. The van der Waals surface area contributed by atoms with Crippen molar-refractivity contribution >= 4 is 0 Å². The van der Waals surface area contributed by atoms with Crippen molar-refractivity contribution in [1.29, 1.82) is 0 Å². The minimum absolute atomic E-state index is 0.349. The van der Waals surface area contributed by atoms with Crippen LogP contribution in [0.3, 0.4) is 0 Å². The van der Waals surface area contributed by atoms with Crippen LogP contribution in [0.2, 0.25) is 0 Å². The van der Waals surface area contributed by atoms with Gasteiger partial charge >= 0.3 is 0 Å². The topological polar surface area (TPSA) is 35.2 Å². The van der Waals surface area contributed by atoms with Crippen LogP contribution in [0.25, 0.3) is 0 Å². The number of nitrogens with two attached hydrogens (primary N) is 1.